The summed E-state index contributed by atoms with van der Waals surface area (Å²) in [6, 6.07) is 5.09. The Morgan fingerprint density at radius 3 is 3.19 bits per heavy atom. The van der Waals surface area contributed by atoms with Crippen LogP contribution in [0.2, 0.25) is 0 Å². The first kappa shape index (κ1) is 9.59. The summed E-state index contributed by atoms with van der Waals surface area (Å²) in [6.45, 7) is 0.751. The molecular formula is C11H13N3O2. The maximum absolute atomic E-state index is 11.8. The average Bonchev–Trinajstić information content (AvgIpc) is 2.75. The highest BCUT2D eigenvalue weighted by molar-refractivity contribution is 5.37. The summed E-state index contributed by atoms with van der Waals surface area (Å²) in [5.41, 5.74) is 0.659. The van der Waals surface area contributed by atoms with E-state index in [1.54, 1.807) is 10.5 Å². The second-order valence-corrected chi connectivity index (χ2v) is 4.02. The lowest BCUT2D eigenvalue weighted by molar-refractivity contribution is 0.00872. The predicted molar refractivity (Wildman–Crippen MR) is 58.4 cm³/mol. The molecule has 5 nitrogen and oxygen atoms in total. The Morgan fingerprint density at radius 1 is 1.44 bits per heavy atom. The molecule has 2 aromatic rings. The number of hydrogen-bond acceptors (Lipinski definition) is 3. The lowest BCUT2D eigenvalue weighted by atomic mass is 10.1. The van der Waals surface area contributed by atoms with Crippen molar-refractivity contribution in [3.8, 4) is 0 Å². The zero-order valence-electron chi connectivity index (χ0n) is 8.85. The van der Waals surface area contributed by atoms with Gasteiger partial charge in [-0.1, -0.05) is 6.07 Å². The number of aromatic amines is 1. The van der Waals surface area contributed by atoms with Crippen molar-refractivity contribution in [3.63, 3.8) is 0 Å². The Kier molecular flexibility index (Phi) is 2.25. The molecule has 1 N–H and O–H groups in total. The molecule has 1 aliphatic heterocycles. The number of nitrogens with one attached hydrogen (secondary N) is 1. The number of pyridine rings is 1. The molecule has 2 aromatic heterocycles. The first-order valence-corrected chi connectivity index (χ1v) is 5.54. The Morgan fingerprint density at radius 2 is 2.38 bits per heavy atom. The molecule has 1 unspecified atom stereocenters. The van der Waals surface area contributed by atoms with Crippen LogP contribution >= 0.6 is 0 Å². The van der Waals surface area contributed by atoms with Crippen molar-refractivity contribution in [2.75, 3.05) is 6.61 Å². The van der Waals surface area contributed by atoms with E-state index in [9.17, 15) is 4.79 Å². The standard InChI is InChI=1S/C11H13N3O2/c15-10-6-3-5-9-12-13-11(14(9)10)8-4-1-2-7-16-8/h3,5-6,8,12H,1-2,4,7H2. The van der Waals surface area contributed by atoms with Crippen LogP contribution in [-0.4, -0.2) is 21.2 Å². The fourth-order valence-corrected chi connectivity index (χ4v) is 2.14. The van der Waals surface area contributed by atoms with E-state index in [-0.39, 0.29) is 11.7 Å². The van der Waals surface area contributed by atoms with Crippen LogP contribution in [0.4, 0.5) is 0 Å². The summed E-state index contributed by atoms with van der Waals surface area (Å²) in [7, 11) is 0. The highest BCUT2D eigenvalue weighted by Crippen LogP contribution is 2.25. The van der Waals surface area contributed by atoms with Crippen molar-refractivity contribution >= 4 is 5.65 Å². The second kappa shape index (κ2) is 3.75. The van der Waals surface area contributed by atoms with E-state index in [1.165, 1.54) is 6.07 Å². The van der Waals surface area contributed by atoms with Gasteiger partial charge >= 0.3 is 0 Å². The number of H-pyrrole nitrogens is 1. The summed E-state index contributed by atoms with van der Waals surface area (Å²) in [5, 5.41) is 7.05. The van der Waals surface area contributed by atoms with Gasteiger partial charge in [-0.15, -0.1) is 0 Å². The maximum Gasteiger partial charge on any atom is 0.257 e. The van der Waals surface area contributed by atoms with Crippen LogP contribution in [0.1, 0.15) is 31.2 Å². The smallest absolute Gasteiger partial charge is 0.257 e. The van der Waals surface area contributed by atoms with Gasteiger partial charge in [0.15, 0.2) is 5.82 Å². The molecule has 0 radical (unpaired) electrons. The molecule has 0 aromatic carbocycles. The Labute approximate surface area is 92.1 Å². The summed E-state index contributed by atoms with van der Waals surface area (Å²) < 4.78 is 7.24. The van der Waals surface area contributed by atoms with Gasteiger partial charge in [0.1, 0.15) is 11.8 Å². The molecular weight excluding hydrogens is 206 g/mol. The molecule has 3 heterocycles. The molecule has 16 heavy (non-hydrogen) atoms. The molecule has 0 amide bonds. The van der Waals surface area contributed by atoms with Gasteiger partial charge in [0, 0.05) is 12.7 Å². The molecule has 1 saturated heterocycles. The van der Waals surface area contributed by atoms with Gasteiger partial charge in [0.25, 0.3) is 5.56 Å². The minimum absolute atomic E-state index is 0.0531. The number of nitrogens with zero attached hydrogens (tertiary/aromatic N) is 2. The van der Waals surface area contributed by atoms with Gasteiger partial charge in [0.2, 0.25) is 0 Å². The van der Waals surface area contributed by atoms with Crippen molar-refractivity contribution in [3.05, 3.63) is 34.4 Å². The van der Waals surface area contributed by atoms with E-state index in [4.69, 9.17) is 4.74 Å². The van der Waals surface area contributed by atoms with Gasteiger partial charge < -0.3 is 4.74 Å². The molecule has 84 valence electrons. The Bertz CT molecular complexity index is 552. The van der Waals surface area contributed by atoms with Gasteiger partial charge in [-0.3, -0.25) is 9.89 Å². The van der Waals surface area contributed by atoms with Crippen molar-refractivity contribution in [2.24, 2.45) is 0 Å². The lowest BCUT2D eigenvalue weighted by Gasteiger charge is -2.20. The maximum atomic E-state index is 11.8. The molecule has 0 bridgehead atoms. The van der Waals surface area contributed by atoms with Crippen LogP contribution < -0.4 is 5.56 Å². The quantitative estimate of drug-likeness (QED) is 0.785. The Hall–Kier alpha value is -1.62. The predicted octanol–water partition coefficient (Wildman–Crippen LogP) is 1.26. The summed E-state index contributed by atoms with van der Waals surface area (Å²) in [5.74, 6) is 0.695. The van der Waals surface area contributed by atoms with E-state index in [0.29, 0.717) is 5.82 Å². The number of ether oxygens (including phenoxy) is 1. The van der Waals surface area contributed by atoms with Gasteiger partial charge in [-0.05, 0) is 25.3 Å². The third-order valence-corrected chi connectivity index (χ3v) is 2.94. The molecule has 0 spiro atoms. The Balaban J connectivity index is 2.12. The average molecular weight is 219 g/mol. The SMILES string of the molecule is O=c1cccc2[nH]nc(C3CCCCO3)n12. The van der Waals surface area contributed by atoms with Crippen molar-refractivity contribution in [1.82, 2.24) is 14.6 Å². The van der Waals surface area contributed by atoms with Crippen LogP contribution in [-0.2, 0) is 4.74 Å². The molecule has 0 saturated carbocycles. The second-order valence-electron chi connectivity index (χ2n) is 4.02. The fraction of sp³-hybridized carbons (Fsp3) is 0.455. The van der Waals surface area contributed by atoms with Crippen molar-refractivity contribution in [2.45, 2.75) is 25.4 Å². The summed E-state index contributed by atoms with van der Waals surface area (Å²) in [6.07, 6.45) is 3.10. The zero-order valence-corrected chi connectivity index (χ0v) is 8.85. The van der Waals surface area contributed by atoms with Gasteiger partial charge in [0.05, 0.1) is 0 Å². The van der Waals surface area contributed by atoms with E-state index < -0.39 is 0 Å². The zero-order chi connectivity index (χ0) is 11.0. The molecule has 0 aliphatic carbocycles. The summed E-state index contributed by atoms with van der Waals surface area (Å²) in [4.78, 5) is 11.8. The van der Waals surface area contributed by atoms with Gasteiger partial charge in [-0.2, -0.15) is 5.10 Å². The third kappa shape index (κ3) is 1.44. The van der Waals surface area contributed by atoms with Gasteiger partial charge in [-0.25, -0.2) is 4.40 Å². The first-order valence-electron chi connectivity index (χ1n) is 5.54. The lowest BCUT2D eigenvalue weighted by Crippen LogP contribution is -2.20. The fourth-order valence-electron chi connectivity index (χ4n) is 2.14. The number of rotatable bonds is 1. The van der Waals surface area contributed by atoms with E-state index >= 15 is 0 Å². The third-order valence-electron chi connectivity index (χ3n) is 2.94. The molecule has 5 heteroatoms. The monoisotopic (exact) mass is 219 g/mol. The van der Waals surface area contributed by atoms with E-state index in [0.717, 1.165) is 31.5 Å². The number of aromatic nitrogens is 3. The molecule has 1 fully saturated rings. The van der Waals surface area contributed by atoms with Crippen LogP contribution in [0.5, 0.6) is 0 Å². The molecule has 3 rings (SSSR count). The topological polar surface area (TPSA) is 59.4 Å². The van der Waals surface area contributed by atoms with E-state index in [2.05, 4.69) is 10.2 Å². The van der Waals surface area contributed by atoms with Crippen LogP contribution in [0.25, 0.3) is 5.65 Å². The highest BCUT2D eigenvalue weighted by Gasteiger charge is 2.21. The molecule has 1 atom stereocenters. The van der Waals surface area contributed by atoms with Crippen molar-refractivity contribution in [1.29, 1.82) is 0 Å². The largest absolute Gasteiger partial charge is 0.370 e. The van der Waals surface area contributed by atoms with Crippen molar-refractivity contribution < 1.29 is 4.74 Å². The summed E-state index contributed by atoms with van der Waals surface area (Å²) >= 11 is 0. The van der Waals surface area contributed by atoms with Crippen LogP contribution in [0, 0.1) is 0 Å². The normalized spacial score (nSPS) is 21.4. The highest BCUT2D eigenvalue weighted by atomic mass is 16.5. The minimum atomic E-state index is -0.0598. The molecule has 1 aliphatic rings. The van der Waals surface area contributed by atoms with Crippen LogP contribution in [0.3, 0.4) is 0 Å². The number of hydrogen-bond donors (Lipinski definition) is 1. The minimum Gasteiger partial charge on any atom is -0.370 e. The number of fused-ring (bicyclic) bond motifs is 1. The van der Waals surface area contributed by atoms with Crippen LogP contribution in [0.15, 0.2) is 23.0 Å². The van der Waals surface area contributed by atoms with E-state index in [1.807, 2.05) is 6.07 Å². The first-order chi connectivity index (χ1) is 7.86.